The zero-order valence-electron chi connectivity index (χ0n) is 17.9. The minimum atomic E-state index is -0.511. The van der Waals surface area contributed by atoms with Gasteiger partial charge in [-0.1, -0.05) is 54.6 Å². The molecule has 0 saturated heterocycles. The van der Waals surface area contributed by atoms with Crippen molar-refractivity contribution >= 4 is 23.6 Å². The van der Waals surface area contributed by atoms with E-state index in [4.69, 9.17) is 0 Å². The van der Waals surface area contributed by atoms with Gasteiger partial charge < -0.3 is 10.2 Å². The maximum absolute atomic E-state index is 13.0. The normalized spacial score (nSPS) is 11.9. The Hall–Kier alpha value is -2.27. The molecule has 2 rings (SSSR count). The maximum atomic E-state index is 13.0. The third kappa shape index (κ3) is 7.58. The van der Waals surface area contributed by atoms with E-state index in [2.05, 4.69) is 17.4 Å². The van der Waals surface area contributed by atoms with Crippen LogP contribution in [0.1, 0.15) is 43.9 Å². The summed E-state index contributed by atoms with van der Waals surface area (Å²) < 4.78 is 0. The first-order chi connectivity index (χ1) is 13.9. The first-order valence-electron chi connectivity index (χ1n) is 10.1. The number of rotatable bonds is 10. The average Bonchev–Trinajstić information content (AvgIpc) is 2.70. The van der Waals surface area contributed by atoms with E-state index in [9.17, 15) is 9.59 Å². The van der Waals surface area contributed by atoms with Gasteiger partial charge in [-0.25, -0.2) is 0 Å². The molecule has 2 amide bonds. The first-order valence-corrected chi connectivity index (χ1v) is 11.3. The van der Waals surface area contributed by atoms with Gasteiger partial charge in [0.05, 0.1) is 0 Å². The van der Waals surface area contributed by atoms with Crippen LogP contribution >= 0.6 is 11.8 Å². The molecule has 0 spiro atoms. The van der Waals surface area contributed by atoms with Gasteiger partial charge in [-0.15, -0.1) is 0 Å². The van der Waals surface area contributed by atoms with E-state index in [1.807, 2.05) is 70.2 Å². The quantitative estimate of drug-likeness (QED) is 0.582. The molecule has 0 fully saturated rings. The minimum Gasteiger partial charge on any atom is -0.352 e. The molecule has 2 aromatic carbocycles. The highest BCUT2D eigenvalue weighted by Gasteiger charge is 2.26. The fourth-order valence-electron chi connectivity index (χ4n) is 3.03. The second kappa shape index (κ2) is 11.7. The van der Waals surface area contributed by atoms with E-state index in [1.54, 1.807) is 16.7 Å². The summed E-state index contributed by atoms with van der Waals surface area (Å²) in [5, 5.41) is 2.93. The van der Waals surface area contributed by atoms with Crippen molar-refractivity contribution in [3.05, 3.63) is 71.3 Å². The third-order valence-corrected chi connectivity index (χ3v) is 5.80. The lowest BCUT2D eigenvalue weighted by atomic mass is 10.1. The molecular weight excluding hydrogens is 380 g/mol. The largest absolute Gasteiger partial charge is 0.352 e. The molecule has 0 aliphatic heterocycles. The molecule has 0 heterocycles. The van der Waals surface area contributed by atoms with E-state index >= 15 is 0 Å². The van der Waals surface area contributed by atoms with E-state index in [0.29, 0.717) is 13.0 Å². The van der Waals surface area contributed by atoms with Crippen LogP contribution in [0.2, 0.25) is 0 Å². The Morgan fingerprint density at radius 3 is 2.31 bits per heavy atom. The summed E-state index contributed by atoms with van der Waals surface area (Å²) in [7, 11) is 0. The molecule has 0 radical (unpaired) electrons. The molecular formula is C24H32N2O2S. The van der Waals surface area contributed by atoms with Gasteiger partial charge >= 0.3 is 0 Å². The summed E-state index contributed by atoms with van der Waals surface area (Å²) in [6.07, 6.45) is 0.419. The van der Waals surface area contributed by atoms with Crippen LogP contribution in [0.4, 0.5) is 0 Å². The lowest BCUT2D eigenvalue weighted by Gasteiger charge is -2.30. The van der Waals surface area contributed by atoms with Gasteiger partial charge in [0.1, 0.15) is 6.04 Å². The predicted octanol–water partition coefficient (Wildman–Crippen LogP) is 4.56. The first kappa shape index (κ1) is 23.0. The molecule has 0 aromatic heterocycles. The Morgan fingerprint density at radius 2 is 1.66 bits per heavy atom. The number of benzene rings is 2. The van der Waals surface area contributed by atoms with Crippen molar-refractivity contribution in [3.8, 4) is 0 Å². The summed E-state index contributed by atoms with van der Waals surface area (Å²) in [6.45, 7) is 8.15. The Morgan fingerprint density at radius 1 is 1.00 bits per heavy atom. The summed E-state index contributed by atoms with van der Waals surface area (Å²) in [6, 6.07) is 17.8. The van der Waals surface area contributed by atoms with Crippen molar-refractivity contribution in [2.24, 2.45) is 0 Å². The molecule has 5 heteroatoms. The number of hydrogen-bond acceptors (Lipinski definition) is 3. The van der Waals surface area contributed by atoms with Gasteiger partial charge in [-0.3, -0.25) is 9.59 Å². The SMILES string of the molecule is Cc1ccccc1CN(C(=O)CCSCc1ccccc1)[C@@H](C)C(=O)NC(C)C. The lowest BCUT2D eigenvalue weighted by Crippen LogP contribution is -2.49. The number of nitrogens with one attached hydrogen (secondary N) is 1. The van der Waals surface area contributed by atoms with Gasteiger partial charge in [-0.05, 0) is 44.4 Å². The van der Waals surface area contributed by atoms with Gasteiger partial charge in [0.25, 0.3) is 0 Å². The Bertz CT molecular complexity index is 792. The Labute approximate surface area is 179 Å². The van der Waals surface area contributed by atoms with Crippen LogP contribution in [-0.4, -0.2) is 34.6 Å². The van der Waals surface area contributed by atoms with Crippen LogP contribution in [0.15, 0.2) is 54.6 Å². The van der Waals surface area contributed by atoms with Crippen LogP contribution in [0, 0.1) is 6.92 Å². The lowest BCUT2D eigenvalue weighted by molar-refractivity contribution is -0.140. The van der Waals surface area contributed by atoms with Gasteiger partial charge in [0.2, 0.25) is 11.8 Å². The van der Waals surface area contributed by atoms with Crippen LogP contribution < -0.4 is 5.32 Å². The number of carbonyl (C=O) groups is 2. The molecule has 1 N–H and O–H groups in total. The number of aryl methyl sites for hydroxylation is 1. The van der Waals surface area contributed by atoms with Crippen molar-refractivity contribution in [3.63, 3.8) is 0 Å². The molecule has 1 atom stereocenters. The molecule has 0 aliphatic rings. The minimum absolute atomic E-state index is 0.0141. The Kier molecular flexibility index (Phi) is 9.26. The smallest absolute Gasteiger partial charge is 0.242 e. The number of amides is 2. The zero-order valence-corrected chi connectivity index (χ0v) is 18.7. The maximum Gasteiger partial charge on any atom is 0.242 e. The van der Waals surface area contributed by atoms with E-state index in [1.165, 1.54) is 5.56 Å². The molecule has 4 nitrogen and oxygen atoms in total. The van der Waals surface area contributed by atoms with Crippen molar-refractivity contribution in [1.82, 2.24) is 10.2 Å². The van der Waals surface area contributed by atoms with Crippen LogP contribution in [0.25, 0.3) is 0 Å². The highest BCUT2D eigenvalue weighted by molar-refractivity contribution is 7.98. The molecule has 0 bridgehead atoms. The van der Waals surface area contributed by atoms with Gasteiger partial charge in [-0.2, -0.15) is 11.8 Å². The molecule has 0 aliphatic carbocycles. The summed E-state index contributed by atoms with van der Waals surface area (Å²) in [5.74, 6) is 1.52. The van der Waals surface area contributed by atoms with E-state index in [0.717, 1.165) is 22.6 Å². The van der Waals surface area contributed by atoms with Crippen molar-refractivity contribution in [1.29, 1.82) is 0 Å². The van der Waals surface area contributed by atoms with Crippen molar-refractivity contribution < 1.29 is 9.59 Å². The highest BCUT2D eigenvalue weighted by Crippen LogP contribution is 2.17. The van der Waals surface area contributed by atoms with E-state index in [-0.39, 0.29) is 17.9 Å². The van der Waals surface area contributed by atoms with Gasteiger partial charge in [0, 0.05) is 30.5 Å². The molecule has 0 unspecified atom stereocenters. The summed E-state index contributed by atoms with van der Waals surface area (Å²) in [4.78, 5) is 27.3. The van der Waals surface area contributed by atoms with Crippen LogP contribution in [0.5, 0.6) is 0 Å². The standard InChI is InChI=1S/C24H32N2O2S/c1-18(2)25-24(28)20(4)26(16-22-13-9-8-10-19(22)3)23(27)14-15-29-17-21-11-6-5-7-12-21/h5-13,18,20H,14-17H2,1-4H3,(H,25,28)/t20-/m0/s1. The Balaban J connectivity index is 2.01. The second-order valence-corrected chi connectivity index (χ2v) is 8.68. The fourth-order valence-corrected chi connectivity index (χ4v) is 3.92. The topological polar surface area (TPSA) is 49.4 Å². The van der Waals surface area contributed by atoms with Crippen LogP contribution in [-0.2, 0) is 21.9 Å². The molecule has 0 saturated carbocycles. The zero-order chi connectivity index (χ0) is 21.2. The molecule has 2 aromatic rings. The summed E-state index contributed by atoms with van der Waals surface area (Å²) in [5.41, 5.74) is 3.45. The summed E-state index contributed by atoms with van der Waals surface area (Å²) >= 11 is 1.74. The number of thioether (sulfide) groups is 1. The highest BCUT2D eigenvalue weighted by atomic mass is 32.2. The monoisotopic (exact) mass is 412 g/mol. The molecule has 156 valence electrons. The second-order valence-electron chi connectivity index (χ2n) is 7.58. The predicted molar refractivity (Wildman–Crippen MR) is 122 cm³/mol. The fraction of sp³-hybridized carbons (Fsp3) is 0.417. The van der Waals surface area contributed by atoms with E-state index < -0.39 is 6.04 Å². The van der Waals surface area contributed by atoms with Crippen LogP contribution in [0.3, 0.4) is 0 Å². The number of carbonyl (C=O) groups excluding carboxylic acids is 2. The van der Waals surface area contributed by atoms with Gasteiger partial charge in [0.15, 0.2) is 0 Å². The van der Waals surface area contributed by atoms with Crippen molar-refractivity contribution in [2.45, 2.75) is 58.5 Å². The van der Waals surface area contributed by atoms with Crippen molar-refractivity contribution in [2.75, 3.05) is 5.75 Å². The number of nitrogens with zero attached hydrogens (tertiary/aromatic N) is 1. The molecule has 29 heavy (non-hydrogen) atoms. The third-order valence-electron chi connectivity index (χ3n) is 4.77. The average molecular weight is 413 g/mol. The number of hydrogen-bond donors (Lipinski definition) is 1.